The number of fused-ring (bicyclic) bond motifs is 1. The van der Waals surface area contributed by atoms with Crippen molar-refractivity contribution in [2.75, 3.05) is 32.7 Å². The number of amides is 1. The summed E-state index contributed by atoms with van der Waals surface area (Å²) < 4.78 is 1.77. The summed E-state index contributed by atoms with van der Waals surface area (Å²) in [5, 5.41) is 4.57. The van der Waals surface area contributed by atoms with Crippen molar-refractivity contribution in [3.8, 4) is 5.69 Å². The van der Waals surface area contributed by atoms with Crippen LogP contribution in [-0.4, -0.2) is 53.0 Å². The molecule has 0 saturated carbocycles. The predicted octanol–water partition coefficient (Wildman–Crippen LogP) is 6.23. The molecule has 6 rings (SSSR count). The van der Waals surface area contributed by atoms with Crippen molar-refractivity contribution in [1.29, 1.82) is 0 Å². The van der Waals surface area contributed by atoms with E-state index >= 15 is 0 Å². The van der Waals surface area contributed by atoms with Gasteiger partial charge in [0.15, 0.2) is 0 Å². The highest BCUT2D eigenvalue weighted by Crippen LogP contribution is 2.26. The largest absolute Gasteiger partial charge is 0.345 e. The lowest BCUT2D eigenvalue weighted by atomic mass is 9.99. The first-order valence-electron chi connectivity index (χ1n) is 15.7. The Balaban J connectivity index is 1.35. The van der Waals surface area contributed by atoms with Gasteiger partial charge >= 0.3 is 0 Å². The van der Waals surface area contributed by atoms with Gasteiger partial charge in [-0.2, -0.15) is 0 Å². The number of hydrogen-bond acceptors (Lipinski definition) is 4. The van der Waals surface area contributed by atoms with Gasteiger partial charge in [-0.3, -0.25) is 19.1 Å². The second-order valence-electron chi connectivity index (χ2n) is 11.5. The van der Waals surface area contributed by atoms with E-state index in [4.69, 9.17) is 0 Å². The molecule has 5 aromatic rings. The molecule has 1 atom stereocenters. The molecule has 1 aliphatic rings. The minimum absolute atomic E-state index is 0.102. The summed E-state index contributed by atoms with van der Waals surface area (Å²) in [6, 6.07) is 37.8. The second kappa shape index (κ2) is 13.8. The average molecular weight is 585 g/mol. The Morgan fingerprint density at radius 1 is 0.727 bits per heavy atom. The predicted molar refractivity (Wildman–Crippen MR) is 178 cm³/mol. The third-order valence-electron chi connectivity index (χ3n) is 8.74. The fraction of sp³-hybridized carbons (Fsp3) is 0.263. The summed E-state index contributed by atoms with van der Waals surface area (Å²) in [7, 11) is 0. The van der Waals surface area contributed by atoms with Gasteiger partial charge in [0.05, 0.1) is 17.3 Å². The number of piperazine rings is 1. The molecular weight excluding hydrogens is 544 g/mol. The quantitative estimate of drug-likeness (QED) is 0.211. The maximum Gasteiger partial charge on any atom is 0.263 e. The van der Waals surface area contributed by atoms with Gasteiger partial charge in [-0.1, -0.05) is 104 Å². The lowest BCUT2D eigenvalue weighted by Crippen LogP contribution is -2.47. The van der Waals surface area contributed by atoms with Crippen LogP contribution in [0.3, 0.4) is 0 Å². The van der Waals surface area contributed by atoms with Gasteiger partial charge in [0, 0.05) is 55.7 Å². The van der Waals surface area contributed by atoms with Crippen LogP contribution in [0.1, 0.15) is 46.6 Å². The molecule has 4 aromatic carbocycles. The fourth-order valence-electron chi connectivity index (χ4n) is 6.30. The van der Waals surface area contributed by atoms with Crippen molar-refractivity contribution >= 4 is 16.7 Å². The molecule has 1 N–H and O–H groups in total. The molecule has 224 valence electrons. The number of hydrogen-bond donors (Lipinski definition) is 1. The highest BCUT2D eigenvalue weighted by Gasteiger charge is 2.27. The van der Waals surface area contributed by atoms with E-state index in [9.17, 15) is 9.59 Å². The van der Waals surface area contributed by atoms with Crippen molar-refractivity contribution < 1.29 is 4.79 Å². The van der Waals surface area contributed by atoms with E-state index in [2.05, 4.69) is 64.5 Å². The van der Waals surface area contributed by atoms with E-state index in [1.54, 1.807) is 4.57 Å². The number of pyridine rings is 1. The first kappa shape index (κ1) is 29.5. The number of benzene rings is 4. The van der Waals surface area contributed by atoms with E-state index < -0.39 is 0 Å². The first-order chi connectivity index (χ1) is 21.6. The molecule has 1 fully saturated rings. The molecule has 1 saturated heterocycles. The lowest BCUT2D eigenvalue weighted by molar-refractivity contribution is 0.0931. The molecule has 6 nitrogen and oxygen atoms in total. The highest BCUT2D eigenvalue weighted by atomic mass is 16.2. The SMILES string of the molecule is CC[C@H](NC(=O)c1c(CN2CCN(CCc3ccccc3)CC2)n(-c2ccccc2)c(=O)c2ccccc12)c1ccccc1. The van der Waals surface area contributed by atoms with E-state index in [1.165, 1.54) is 5.56 Å². The molecule has 0 bridgehead atoms. The van der Waals surface area contributed by atoms with Gasteiger partial charge < -0.3 is 10.2 Å². The summed E-state index contributed by atoms with van der Waals surface area (Å²) in [4.78, 5) is 33.4. The van der Waals surface area contributed by atoms with Crippen LogP contribution in [0.25, 0.3) is 16.5 Å². The summed E-state index contributed by atoms with van der Waals surface area (Å²) in [6.07, 6.45) is 1.79. The number of nitrogens with zero attached hydrogens (tertiary/aromatic N) is 3. The van der Waals surface area contributed by atoms with Gasteiger partial charge in [-0.05, 0) is 42.2 Å². The van der Waals surface area contributed by atoms with Gasteiger partial charge in [0.25, 0.3) is 11.5 Å². The van der Waals surface area contributed by atoms with Gasteiger partial charge in [0.1, 0.15) is 0 Å². The standard InChI is InChI=1S/C38H40N4O2/c1-2-34(30-16-8-4-9-17-30)39-37(43)36-32-20-12-13-21-33(32)38(44)42(31-18-10-5-11-19-31)35(36)28-41-26-24-40(25-27-41)23-22-29-14-6-3-7-15-29/h3-21,34H,2,22-28H2,1H3,(H,39,43)/t34-/m0/s1. The Labute approximate surface area is 259 Å². The maximum atomic E-state index is 14.4. The van der Waals surface area contributed by atoms with Crippen molar-refractivity contribution in [3.63, 3.8) is 0 Å². The third-order valence-corrected chi connectivity index (χ3v) is 8.74. The van der Waals surface area contributed by atoms with Crippen LogP contribution in [0.15, 0.2) is 120 Å². The van der Waals surface area contributed by atoms with Crippen LogP contribution in [-0.2, 0) is 13.0 Å². The van der Waals surface area contributed by atoms with Crippen LogP contribution in [0.2, 0.25) is 0 Å². The number of nitrogens with one attached hydrogen (secondary N) is 1. The van der Waals surface area contributed by atoms with Crippen molar-refractivity contribution in [2.45, 2.75) is 32.4 Å². The third kappa shape index (κ3) is 6.52. The minimum atomic E-state index is -0.155. The first-order valence-corrected chi connectivity index (χ1v) is 15.7. The van der Waals surface area contributed by atoms with Crippen LogP contribution in [0, 0.1) is 0 Å². The highest BCUT2D eigenvalue weighted by molar-refractivity contribution is 6.08. The Morgan fingerprint density at radius 3 is 1.95 bits per heavy atom. The molecule has 1 amide bonds. The normalized spacial score (nSPS) is 14.8. The average Bonchev–Trinajstić information content (AvgIpc) is 3.08. The Morgan fingerprint density at radius 2 is 1.30 bits per heavy atom. The van der Waals surface area contributed by atoms with Gasteiger partial charge in [0.2, 0.25) is 0 Å². The maximum absolute atomic E-state index is 14.4. The van der Waals surface area contributed by atoms with E-state index in [0.717, 1.165) is 62.5 Å². The summed E-state index contributed by atoms with van der Waals surface area (Å²) in [5.41, 5.74) is 4.40. The molecule has 0 spiro atoms. The zero-order chi connectivity index (χ0) is 30.3. The van der Waals surface area contributed by atoms with Gasteiger partial charge in [-0.25, -0.2) is 0 Å². The Bertz CT molecular complexity index is 1740. The zero-order valence-electron chi connectivity index (χ0n) is 25.4. The van der Waals surface area contributed by atoms with Crippen LogP contribution < -0.4 is 10.9 Å². The second-order valence-corrected chi connectivity index (χ2v) is 11.5. The number of carbonyl (C=O) groups excluding carboxylic acids is 1. The Hall–Kier alpha value is -4.52. The molecular formula is C38H40N4O2. The lowest BCUT2D eigenvalue weighted by Gasteiger charge is -2.35. The summed E-state index contributed by atoms with van der Waals surface area (Å²) >= 11 is 0. The summed E-state index contributed by atoms with van der Waals surface area (Å²) in [6.45, 7) is 7.24. The van der Waals surface area contributed by atoms with Crippen molar-refractivity contribution in [3.05, 3.63) is 148 Å². The number of aromatic nitrogens is 1. The summed E-state index contributed by atoms with van der Waals surface area (Å²) in [5.74, 6) is -0.155. The molecule has 1 aromatic heterocycles. The molecule has 0 unspecified atom stereocenters. The number of carbonyl (C=O) groups is 1. The Kier molecular flexibility index (Phi) is 9.30. The number of para-hydroxylation sites is 1. The monoisotopic (exact) mass is 584 g/mol. The smallest absolute Gasteiger partial charge is 0.263 e. The number of rotatable bonds is 10. The van der Waals surface area contributed by atoms with E-state index in [0.29, 0.717) is 22.9 Å². The van der Waals surface area contributed by atoms with Crippen LogP contribution >= 0.6 is 0 Å². The van der Waals surface area contributed by atoms with Crippen LogP contribution in [0.4, 0.5) is 0 Å². The molecule has 0 aliphatic carbocycles. The van der Waals surface area contributed by atoms with E-state index in [1.807, 2.05) is 72.8 Å². The molecule has 6 heteroatoms. The topological polar surface area (TPSA) is 57.6 Å². The fourth-order valence-corrected chi connectivity index (χ4v) is 6.30. The molecule has 44 heavy (non-hydrogen) atoms. The minimum Gasteiger partial charge on any atom is -0.345 e. The van der Waals surface area contributed by atoms with Crippen LogP contribution in [0.5, 0.6) is 0 Å². The van der Waals surface area contributed by atoms with Crippen molar-refractivity contribution in [1.82, 2.24) is 19.7 Å². The zero-order valence-corrected chi connectivity index (χ0v) is 25.4. The van der Waals surface area contributed by atoms with Gasteiger partial charge in [-0.15, -0.1) is 0 Å². The molecule has 0 radical (unpaired) electrons. The van der Waals surface area contributed by atoms with Crippen molar-refractivity contribution in [2.24, 2.45) is 0 Å². The molecule has 1 aliphatic heterocycles. The van der Waals surface area contributed by atoms with E-state index in [-0.39, 0.29) is 17.5 Å². The molecule has 2 heterocycles.